The lowest BCUT2D eigenvalue weighted by Crippen LogP contribution is -2.39. The summed E-state index contributed by atoms with van der Waals surface area (Å²) < 4.78 is 11.1. The Hall–Kier alpha value is -1.00. The Labute approximate surface area is 94.2 Å². The SMILES string of the molecule is CCCC(C)(C(=O)O)C(CC(=O)O)[P+](=O)O. The van der Waals surface area contributed by atoms with Crippen molar-refractivity contribution in [2.45, 2.75) is 38.8 Å². The number of hydrogen-bond donors (Lipinski definition) is 3. The van der Waals surface area contributed by atoms with E-state index in [9.17, 15) is 14.2 Å². The Morgan fingerprint density at radius 3 is 2.12 bits per heavy atom. The molecule has 0 heterocycles. The van der Waals surface area contributed by atoms with Crippen LogP contribution in [-0.2, 0) is 14.2 Å². The highest BCUT2D eigenvalue weighted by atomic mass is 31.1. The van der Waals surface area contributed by atoms with Gasteiger partial charge in [0.25, 0.3) is 0 Å². The molecule has 0 fully saturated rings. The van der Waals surface area contributed by atoms with Crippen molar-refractivity contribution in [1.29, 1.82) is 0 Å². The van der Waals surface area contributed by atoms with Crippen LogP contribution < -0.4 is 0 Å². The van der Waals surface area contributed by atoms with Crippen molar-refractivity contribution in [2.75, 3.05) is 0 Å². The molecule has 0 amide bonds. The topological polar surface area (TPSA) is 112 Å². The fourth-order valence-corrected chi connectivity index (χ4v) is 2.69. The Kier molecular flexibility index (Phi) is 5.55. The largest absolute Gasteiger partial charge is 0.510 e. The van der Waals surface area contributed by atoms with Crippen molar-refractivity contribution in [1.82, 2.24) is 0 Å². The highest BCUT2D eigenvalue weighted by molar-refractivity contribution is 7.39. The van der Waals surface area contributed by atoms with Crippen LogP contribution in [0.15, 0.2) is 0 Å². The lowest BCUT2D eigenvalue weighted by molar-refractivity contribution is -0.149. The fourth-order valence-electron chi connectivity index (χ4n) is 1.65. The van der Waals surface area contributed by atoms with Crippen LogP contribution in [0.1, 0.15) is 33.1 Å². The summed E-state index contributed by atoms with van der Waals surface area (Å²) in [5.41, 5.74) is -2.74. The van der Waals surface area contributed by atoms with Crippen LogP contribution in [0.4, 0.5) is 0 Å². The molecule has 6 nitrogen and oxygen atoms in total. The van der Waals surface area contributed by atoms with Gasteiger partial charge in [0.15, 0.2) is 0 Å². The third-order valence-electron chi connectivity index (χ3n) is 2.63. The Morgan fingerprint density at radius 2 is 1.88 bits per heavy atom. The molecule has 0 bridgehead atoms. The van der Waals surface area contributed by atoms with Gasteiger partial charge in [0, 0.05) is 0 Å². The fraction of sp³-hybridized carbons (Fsp3) is 0.778. The molecular formula is C9H16O6P+. The van der Waals surface area contributed by atoms with E-state index in [4.69, 9.17) is 15.1 Å². The first kappa shape index (κ1) is 15.0. The minimum absolute atomic E-state index is 0.169. The van der Waals surface area contributed by atoms with Crippen LogP contribution >= 0.6 is 8.03 Å². The quantitative estimate of drug-likeness (QED) is 0.590. The predicted molar refractivity (Wildman–Crippen MR) is 56.5 cm³/mol. The van der Waals surface area contributed by atoms with Crippen molar-refractivity contribution in [3.8, 4) is 0 Å². The summed E-state index contributed by atoms with van der Waals surface area (Å²) in [7, 11) is -2.84. The molecule has 7 heteroatoms. The molecule has 0 aromatic heterocycles. The first-order valence-corrected chi connectivity index (χ1v) is 6.14. The number of aliphatic carboxylic acids is 2. The monoisotopic (exact) mass is 251 g/mol. The first-order chi connectivity index (χ1) is 7.25. The summed E-state index contributed by atoms with van der Waals surface area (Å²) >= 11 is 0. The molecule has 3 atom stereocenters. The molecule has 92 valence electrons. The Morgan fingerprint density at radius 1 is 1.38 bits per heavy atom. The molecule has 0 spiro atoms. The van der Waals surface area contributed by atoms with Crippen LogP contribution in [0.25, 0.3) is 0 Å². The maximum absolute atomic E-state index is 11.1. The number of rotatable bonds is 7. The van der Waals surface area contributed by atoms with E-state index in [2.05, 4.69) is 0 Å². The van der Waals surface area contributed by atoms with E-state index in [1.165, 1.54) is 6.92 Å². The van der Waals surface area contributed by atoms with Gasteiger partial charge in [-0.15, -0.1) is 0 Å². The van der Waals surface area contributed by atoms with Crippen molar-refractivity contribution in [3.63, 3.8) is 0 Å². The molecule has 0 aromatic rings. The molecule has 3 N–H and O–H groups in total. The second-order valence-electron chi connectivity index (χ2n) is 3.89. The van der Waals surface area contributed by atoms with E-state index in [0.717, 1.165) is 0 Å². The van der Waals surface area contributed by atoms with Crippen LogP contribution in [0, 0.1) is 5.41 Å². The van der Waals surface area contributed by atoms with Crippen LogP contribution in [-0.4, -0.2) is 32.7 Å². The lowest BCUT2D eigenvalue weighted by Gasteiger charge is -2.24. The molecular weight excluding hydrogens is 235 g/mol. The molecule has 0 radical (unpaired) electrons. The summed E-state index contributed by atoms with van der Waals surface area (Å²) in [6, 6.07) is 0. The maximum atomic E-state index is 11.1. The Bertz CT molecular complexity index is 302. The second kappa shape index (κ2) is 5.92. The molecule has 0 aromatic carbocycles. The predicted octanol–water partition coefficient (Wildman–Crippen LogP) is 1.46. The van der Waals surface area contributed by atoms with Crippen molar-refractivity contribution >= 4 is 20.0 Å². The zero-order valence-corrected chi connectivity index (χ0v) is 10.1. The van der Waals surface area contributed by atoms with Gasteiger partial charge in [0.2, 0.25) is 5.66 Å². The number of carboxylic acids is 2. The summed E-state index contributed by atoms with van der Waals surface area (Å²) in [6.45, 7) is 3.05. The van der Waals surface area contributed by atoms with Gasteiger partial charge in [-0.1, -0.05) is 13.3 Å². The highest BCUT2D eigenvalue weighted by Crippen LogP contribution is 2.43. The molecule has 0 aliphatic heterocycles. The van der Waals surface area contributed by atoms with Crippen molar-refractivity contribution in [3.05, 3.63) is 0 Å². The van der Waals surface area contributed by atoms with E-state index >= 15 is 0 Å². The number of carbonyl (C=O) groups is 2. The zero-order chi connectivity index (χ0) is 12.9. The van der Waals surface area contributed by atoms with Gasteiger partial charge >= 0.3 is 20.0 Å². The van der Waals surface area contributed by atoms with Gasteiger partial charge in [-0.3, -0.25) is 9.59 Å². The zero-order valence-electron chi connectivity index (χ0n) is 9.21. The third-order valence-corrected chi connectivity index (χ3v) is 3.91. The lowest BCUT2D eigenvalue weighted by atomic mass is 9.80. The average molecular weight is 251 g/mol. The molecule has 16 heavy (non-hydrogen) atoms. The van der Waals surface area contributed by atoms with Crippen LogP contribution in [0.2, 0.25) is 0 Å². The summed E-state index contributed by atoms with van der Waals surface area (Å²) in [5.74, 6) is -2.51. The minimum atomic E-state index is -2.84. The third kappa shape index (κ3) is 3.54. The van der Waals surface area contributed by atoms with Gasteiger partial charge in [0.05, 0.1) is 6.42 Å². The molecule has 0 saturated heterocycles. The van der Waals surface area contributed by atoms with Gasteiger partial charge in [-0.05, 0) is 17.9 Å². The smallest absolute Gasteiger partial charge is 0.481 e. The molecule has 3 unspecified atom stereocenters. The van der Waals surface area contributed by atoms with Crippen LogP contribution in [0.3, 0.4) is 0 Å². The molecule has 0 aliphatic carbocycles. The first-order valence-electron chi connectivity index (χ1n) is 4.86. The van der Waals surface area contributed by atoms with E-state index in [-0.39, 0.29) is 6.42 Å². The highest BCUT2D eigenvalue weighted by Gasteiger charge is 2.52. The average Bonchev–Trinajstić information content (AvgIpc) is 2.13. The Balaban J connectivity index is 5.17. The van der Waals surface area contributed by atoms with Gasteiger partial charge < -0.3 is 10.2 Å². The van der Waals surface area contributed by atoms with Gasteiger partial charge in [-0.25, -0.2) is 0 Å². The van der Waals surface area contributed by atoms with E-state index in [0.29, 0.717) is 6.42 Å². The van der Waals surface area contributed by atoms with Crippen molar-refractivity contribution < 1.29 is 29.3 Å². The van der Waals surface area contributed by atoms with E-state index < -0.39 is 37.5 Å². The summed E-state index contributed by atoms with van der Waals surface area (Å²) in [5, 5.41) is 17.7. The molecule has 0 saturated carbocycles. The number of hydrogen-bond acceptors (Lipinski definition) is 3. The van der Waals surface area contributed by atoms with E-state index in [1.54, 1.807) is 6.92 Å². The van der Waals surface area contributed by atoms with Crippen LogP contribution in [0.5, 0.6) is 0 Å². The summed E-state index contributed by atoms with van der Waals surface area (Å²) in [4.78, 5) is 30.7. The summed E-state index contributed by atoms with van der Waals surface area (Å²) in [6.07, 6.45) is 0.0541. The number of carboxylic acid groups (broad SMARTS) is 2. The van der Waals surface area contributed by atoms with Gasteiger partial charge in [0.1, 0.15) is 5.41 Å². The normalized spacial score (nSPS) is 17.3. The molecule has 0 rings (SSSR count). The standard InChI is InChI=1S/C9H15O6P/c1-3-4-9(2,8(12)13)6(16(14)15)5-7(10)11/h6H,3-5H2,1-2H3,(H2-,10,11,12,13,14,15)/p+1. The maximum Gasteiger partial charge on any atom is 0.510 e. The second-order valence-corrected chi connectivity index (χ2v) is 5.12. The van der Waals surface area contributed by atoms with E-state index in [1.807, 2.05) is 0 Å². The van der Waals surface area contributed by atoms with Gasteiger partial charge in [-0.2, -0.15) is 4.89 Å². The molecule has 0 aliphatic rings. The minimum Gasteiger partial charge on any atom is -0.481 e. The van der Waals surface area contributed by atoms with Crippen molar-refractivity contribution in [2.24, 2.45) is 5.41 Å².